The molecule has 2 fully saturated rings. The van der Waals surface area contributed by atoms with Crippen LogP contribution in [-0.2, 0) is 61.6 Å². The van der Waals surface area contributed by atoms with Crippen LogP contribution in [0.15, 0.2) is 212 Å². The molecule has 0 amide bonds. The summed E-state index contributed by atoms with van der Waals surface area (Å²) in [6, 6.07) is 54.9. The van der Waals surface area contributed by atoms with Crippen molar-refractivity contribution in [2.45, 2.75) is 61.4 Å². The van der Waals surface area contributed by atoms with Crippen LogP contribution < -0.4 is 5.73 Å². The highest BCUT2D eigenvalue weighted by molar-refractivity contribution is 5.93. The quantitative estimate of drug-likeness (QED) is 0.0294. The molecule has 10 atom stereocenters. The van der Waals surface area contributed by atoms with Crippen LogP contribution in [0.4, 0.5) is 0 Å². The molecule has 2 saturated heterocycles. The summed E-state index contributed by atoms with van der Waals surface area (Å²) in [6.07, 6.45) is -17.5. The van der Waals surface area contributed by atoms with Gasteiger partial charge in [0.1, 0.15) is 18.8 Å². The summed E-state index contributed by atoms with van der Waals surface area (Å²) >= 11 is 0. The van der Waals surface area contributed by atoms with Gasteiger partial charge in [0.05, 0.1) is 78.6 Å². The van der Waals surface area contributed by atoms with E-state index in [1.54, 1.807) is 127 Å². The highest BCUT2D eigenvalue weighted by Gasteiger charge is 2.57. The Morgan fingerprint density at radius 1 is 0.295 bits per heavy atom. The van der Waals surface area contributed by atoms with Crippen LogP contribution in [-0.4, -0.2) is 156 Å². The van der Waals surface area contributed by atoms with E-state index in [1.807, 2.05) is 0 Å². The van der Waals surface area contributed by atoms with Crippen molar-refractivity contribution in [2.24, 2.45) is 5.73 Å². The molecule has 0 aliphatic carbocycles. The summed E-state index contributed by atoms with van der Waals surface area (Å²) in [5.41, 5.74) is 6.04. The van der Waals surface area contributed by atoms with Gasteiger partial charge in [-0.05, 0) is 84.9 Å². The molecule has 2 aliphatic heterocycles. The zero-order chi connectivity index (χ0) is 61.5. The third-order valence-electron chi connectivity index (χ3n) is 13.7. The lowest BCUT2D eigenvalue weighted by molar-refractivity contribution is -0.328. The molecule has 0 radical (unpaired) electrons. The van der Waals surface area contributed by atoms with Crippen LogP contribution in [0.3, 0.4) is 0 Å². The highest BCUT2D eigenvalue weighted by atomic mass is 16.8. The van der Waals surface area contributed by atoms with E-state index >= 15 is 0 Å². The fourth-order valence-corrected chi connectivity index (χ4v) is 9.33. The predicted molar refractivity (Wildman–Crippen MR) is 311 cm³/mol. The maximum Gasteiger partial charge on any atom is 0.338 e. The number of carbonyl (C=O) groups is 7. The van der Waals surface area contributed by atoms with Crippen molar-refractivity contribution in [1.82, 2.24) is 0 Å². The lowest BCUT2D eigenvalue weighted by Crippen LogP contribution is -2.65. The topological polar surface area (TPSA) is 265 Å². The van der Waals surface area contributed by atoms with Gasteiger partial charge in [-0.3, -0.25) is 0 Å². The van der Waals surface area contributed by atoms with Crippen molar-refractivity contribution >= 4 is 41.8 Å². The molecule has 88 heavy (non-hydrogen) atoms. The van der Waals surface area contributed by atoms with E-state index in [4.69, 9.17) is 67.3 Å². The normalized spacial score (nSPS) is 21.3. The van der Waals surface area contributed by atoms with Gasteiger partial charge in [0.2, 0.25) is 0 Å². The molecule has 0 saturated carbocycles. The van der Waals surface area contributed by atoms with Gasteiger partial charge in [-0.2, -0.15) is 0 Å². The second-order valence-electron chi connectivity index (χ2n) is 19.7. The molecule has 2 aliphatic rings. The molecule has 2 heterocycles. The van der Waals surface area contributed by atoms with Crippen LogP contribution in [0.1, 0.15) is 72.5 Å². The Kier molecular flexibility index (Phi) is 23.2. The van der Waals surface area contributed by atoms with E-state index in [-0.39, 0.29) is 65.4 Å². The maximum absolute atomic E-state index is 14.5. The molecule has 456 valence electrons. The Labute approximate surface area is 506 Å². The molecule has 0 spiro atoms. The number of carbonyl (C=O) groups excluding carboxylic acids is 7. The minimum absolute atomic E-state index is 0.0286. The predicted octanol–water partition coefficient (Wildman–Crippen LogP) is 7.67. The number of ether oxygens (including phenoxy) is 13. The number of rotatable bonds is 27. The van der Waals surface area contributed by atoms with Crippen LogP contribution in [0.2, 0.25) is 0 Å². The molecular weight excluding hydrogens is 1140 g/mol. The van der Waals surface area contributed by atoms with Crippen LogP contribution in [0.25, 0.3) is 0 Å². The van der Waals surface area contributed by atoms with Crippen molar-refractivity contribution in [1.29, 1.82) is 0 Å². The smallest absolute Gasteiger partial charge is 0.338 e. The van der Waals surface area contributed by atoms with Gasteiger partial charge in [0.15, 0.2) is 49.2 Å². The van der Waals surface area contributed by atoms with Gasteiger partial charge in [-0.15, -0.1) is 0 Å². The van der Waals surface area contributed by atoms with Gasteiger partial charge in [-0.25, -0.2) is 33.6 Å². The summed E-state index contributed by atoms with van der Waals surface area (Å²) in [7, 11) is 0. The summed E-state index contributed by atoms with van der Waals surface area (Å²) in [5.74, 6) is -6.50. The number of hydrogen-bond acceptors (Lipinski definition) is 21. The zero-order valence-corrected chi connectivity index (χ0v) is 47.4. The monoisotopic (exact) mass is 1200 g/mol. The first-order chi connectivity index (χ1) is 43.0. The summed E-state index contributed by atoms with van der Waals surface area (Å²) in [4.78, 5) is 100. The van der Waals surface area contributed by atoms with E-state index in [0.717, 1.165) is 0 Å². The lowest BCUT2D eigenvalue weighted by Gasteiger charge is -2.46. The van der Waals surface area contributed by atoms with Crippen LogP contribution in [0.5, 0.6) is 0 Å². The number of esters is 7. The molecule has 9 rings (SSSR count). The van der Waals surface area contributed by atoms with E-state index in [2.05, 4.69) is 0 Å². The Morgan fingerprint density at radius 2 is 0.557 bits per heavy atom. The van der Waals surface area contributed by atoms with Gasteiger partial charge >= 0.3 is 41.8 Å². The Balaban J connectivity index is 1.14. The zero-order valence-electron chi connectivity index (χ0n) is 47.4. The Hall–Kier alpha value is -9.45. The van der Waals surface area contributed by atoms with Gasteiger partial charge in [0, 0.05) is 6.54 Å². The fourth-order valence-electron chi connectivity index (χ4n) is 9.33. The second-order valence-corrected chi connectivity index (χ2v) is 19.7. The minimum atomic E-state index is -1.91. The number of hydrogen-bond donors (Lipinski definition) is 1. The highest BCUT2D eigenvalue weighted by Crippen LogP contribution is 2.35. The first-order valence-electron chi connectivity index (χ1n) is 28.2. The van der Waals surface area contributed by atoms with Gasteiger partial charge in [-0.1, -0.05) is 127 Å². The van der Waals surface area contributed by atoms with Crippen molar-refractivity contribution in [3.8, 4) is 0 Å². The van der Waals surface area contributed by atoms with E-state index in [0.29, 0.717) is 13.2 Å². The molecular formula is C67H63NO20. The molecule has 21 nitrogen and oxygen atoms in total. The third kappa shape index (κ3) is 17.4. The lowest BCUT2D eigenvalue weighted by atomic mass is 9.96. The average molecular weight is 1200 g/mol. The van der Waals surface area contributed by atoms with Crippen molar-refractivity contribution in [3.05, 3.63) is 251 Å². The molecule has 0 bridgehead atoms. The summed E-state index contributed by atoms with van der Waals surface area (Å²) in [5, 5.41) is 0. The molecule has 2 N–H and O–H groups in total. The minimum Gasteiger partial charge on any atom is -0.459 e. The Morgan fingerprint density at radius 3 is 0.886 bits per heavy atom. The standard InChI is InChI=1S/C67H63NO20/c68-36-37-76-38-39-77-40-41-78-66-57(87-64(74)49-32-18-6-19-33-49)55(85-62(72)47-28-14-4-15-29-47)54(84-61(71)46-26-12-3-13-27-46)52(81-66)43-80-67-58(88-65(75)50-34-20-7-21-35-50)56(86-63(73)48-30-16-5-17-31-48)53(83-60(70)45-24-10-2-11-25-45)51(82-67)42-79-59(69)44-22-8-1-9-23-44/h1-35,51-58,66-67H,36-43,68H2/t51-,52-,53-,54-,55+,56+,57+,58+,66+,67+/m1/s1. The molecule has 21 heteroatoms. The summed E-state index contributed by atoms with van der Waals surface area (Å²) in [6.45, 7) is -0.793. The molecule has 0 aromatic heterocycles. The second kappa shape index (κ2) is 32.3. The van der Waals surface area contributed by atoms with E-state index < -0.39 is 116 Å². The molecule has 7 aromatic rings. The number of nitrogens with two attached hydrogens (primary N) is 1. The Bertz CT molecular complexity index is 3350. The first-order valence-corrected chi connectivity index (χ1v) is 28.2. The van der Waals surface area contributed by atoms with Crippen molar-refractivity contribution < 1.29 is 95.1 Å². The van der Waals surface area contributed by atoms with Crippen LogP contribution in [0, 0.1) is 0 Å². The number of benzene rings is 7. The van der Waals surface area contributed by atoms with Crippen LogP contribution >= 0.6 is 0 Å². The SMILES string of the molecule is NCCOCCOCCO[C@H]1O[C@H](CO[C@H]2O[C@H](COC(=O)c3ccccc3)[C@@H](OC(=O)c3ccccc3)[C@H](OC(=O)c3ccccc3)[C@@H]2OC(=O)c2ccccc2)[C@@H](OC(=O)c2ccccc2)[C@H](OC(=O)c2ccccc2)[C@@H]1OC(=O)c1ccccc1. The largest absolute Gasteiger partial charge is 0.459 e. The third-order valence-corrected chi connectivity index (χ3v) is 13.7. The average Bonchev–Trinajstić information content (AvgIpc) is 1.76. The maximum atomic E-state index is 14.5. The fraction of sp³-hybridized carbons (Fsp3) is 0.269. The van der Waals surface area contributed by atoms with Gasteiger partial charge < -0.3 is 67.3 Å². The van der Waals surface area contributed by atoms with Crippen molar-refractivity contribution in [3.63, 3.8) is 0 Å². The molecule has 0 unspecified atom stereocenters. The van der Waals surface area contributed by atoms with Gasteiger partial charge in [0.25, 0.3) is 0 Å². The van der Waals surface area contributed by atoms with Crippen molar-refractivity contribution in [2.75, 3.05) is 52.8 Å². The van der Waals surface area contributed by atoms with E-state index in [9.17, 15) is 33.6 Å². The summed E-state index contributed by atoms with van der Waals surface area (Å²) < 4.78 is 81.0. The molecule has 7 aromatic carbocycles. The van der Waals surface area contributed by atoms with E-state index in [1.165, 1.54) is 84.9 Å². The first kappa shape index (κ1) is 63.1.